The highest BCUT2D eigenvalue weighted by molar-refractivity contribution is 14.0. The molecule has 0 aliphatic carbocycles. The van der Waals surface area contributed by atoms with Crippen LogP contribution in [0.15, 0.2) is 29.3 Å². The molecule has 28 heavy (non-hydrogen) atoms. The fraction of sp³-hybridized carbons (Fsp3) is 0.579. The molecule has 0 amide bonds. The van der Waals surface area contributed by atoms with Gasteiger partial charge in [0.15, 0.2) is 5.96 Å². The van der Waals surface area contributed by atoms with E-state index < -0.39 is 13.0 Å². The van der Waals surface area contributed by atoms with Gasteiger partial charge in [0, 0.05) is 19.6 Å². The van der Waals surface area contributed by atoms with Gasteiger partial charge in [-0.15, -0.1) is 24.0 Å². The van der Waals surface area contributed by atoms with Gasteiger partial charge < -0.3 is 19.7 Å². The number of alkyl halides is 2. The Balaban J connectivity index is 0.00000392. The van der Waals surface area contributed by atoms with Crippen molar-refractivity contribution in [1.82, 2.24) is 10.2 Å². The maximum absolute atomic E-state index is 12.3. The van der Waals surface area contributed by atoms with Crippen molar-refractivity contribution >= 4 is 35.9 Å². The van der Waals surface area contributed by atoms with E-state index >= 15 is 0 Å². The Labute approximate surface area is 181 Å². The number of nitrogens with zero attached hydrogens (tertiary/aromatic N) is 2. The number of aliphatic imine (C=N–C) groups is 1. The Kier molecular flexibility index (Phi) is 10.5. The zero-order chi connectivity index (χ0) is 19.8. The van der Waals surface area contributed by atoms with Crippen molar-refractivity contribution in [3.8, 4) is 5.75 Å². The molecule has 1 saturated heterocycles. The van der Waals surface area contributed by atoms with E-state index in [1.807, 2.05) is 24.8 Å². The van der Waals surface area contributed by atoms with E-state index in [1.165, 1.54) is 7.11 Å². The van der Waals surface area contributed by atoms with Gasteiger partial charge in [-0.1, -0.05) is 19.1 Å². The minimum atomic E-state index is -2.51. The summed E-state index contributed by atoms with van der Waals surface area (Å²) < 4.78 is 34.5. The number of esters is 1. The Bertz CT molecular complexity index is 661. The molecule has 2 rings (SSSR count). The molecule has 0 radical (unpaired) electrons. The van der Waals surface area contributed by atoms with Crippen LogP contribution in [0.3, 0.4) is 0 Å². The fourth-order valence-electron chi connectivity index (χ4n) is 3.08. The Morgan fingerprint density at radius 3 is 2.79 bits per heavy atom. The lowest BCUT2D eigenvalue weighted by Gasteiger charge is -2.21. The number of benzene rings is 1. The van der Waals surface area contributed by atoms with Gasteiger partial charge in [-0.2, -0.15) is 0 Å². The standard InChI is InChI=1S/C19H27F2N3O3.HI/c1-4-22-19(24-10-13(2)16(11-24)18(25)26-3)23-9-14-6-5-7-15(8-14)27-12-17(20)21;/h5-8,13,16-17H,4,9-12H2,1-3H3,(H,22,23);1H. The number of nitrogens with one attached hydrogen (secondary N) is 1. The number of methoxy groups -OCH3 is 1. The quantitative estimate of drug-likeness (QED) is 0.264. The molecule has 6 nitrogen and oxygen atoms in total. The normalized spacial score (nSPS) is 19.4. The van der Waals surface area contributed by atoms with Gasteiger partial charge in [0.25, 0.3) is 6.43 Å². The molecule has 158 valence electrons. The second kappa shape index (κ2) is 12.0. The predicted octanol–water partition coefficient (Wildman–Crippen LogP) is 3.15. The van der Waals surface area contributed by atoms with Crippen molar-refractivity contribution in [3.63, 3.8) is 0 Å². The van der Waals surface area contributed by atoms with Crippen molar-refractivity contribution in [1.29, 1.82) is 0 Å². The van der Waals surface area contributed by atoms with Crippen LogP contribution < -0.4 is 10.1 Å². The van der Waals surface area contributed by atoms with E-state index in [-0.39, 0.29) is 41.8 Å². The van der Waals surface area contributed by atoms with Crippen molar-refractivity contribution < 1.29 is 23.0 Å². The summed E-state index contributed by atoms with van der Waals surface area (Å²) in [6, 6.07) is 6.97. The van der Waals surface area contributed by atoms with E-state index in [9.17, 15) is 13.6 Å². The zero-order valence-corrected chi connectivity index (χ0v) is 18.7. The van der Waals surface area contributed by atoms with Crippen LogP contribution in [-0.2, 0) is 16.1 Å². The van der Waals surface area contributed by atoms with E-state index in [0.717, 1.165) is 11.5 Å². The number of rotatable bonds is 7. The van der Waals surface area contributed by atoms with Crippen LogP contribution in [0.1, 0.15) is 19.4 Å². The predicted molar refractivity (Wildman–Crippen MR) is 114 cm³/mol. The van der Waals surface area contributed by atoms with Crippen LogP contribution in [0.25, 0.3) is 0 Å². The molecule has 0 saturated carbocycles. The van der Waals surface area contributed by atoms with Crippen LogP contribution in [0.5, 0.6) is 5.75 Å². The minimum Gasteiger partial charge on any atom is -0.488 e. The van der Waals surface area contributed by atoms with Crippen LogP contribution in [0.2, 0.25) is 0 Å². The van der Waals surface area contributed by atoms with Gasteiger partial charge in [-0.25, -0.2) is 13.8 Å². The van der Waals surface area contributed by atoms with E-state index in [1.54, 1.807) is 18.2 Å². The lowest BCUT2D eigenvalue weighted by atomic mass is 9.99. The maximum atomic E-state index is 12.3. The average Bonchev–Trinajstić information content (AvgIpc) is 3.04. The molecule has 1 aromatic rings. The van der Waals surface area contributed by atoms with Crippen LogP contribution in [0, 0.1) is 11.8 Å². The highest BCUT2D eigenvalue weighted by atomic mass is 127. The molecule has 0 bridgehead atoms. The first-order chi connectivity index (χ1) is 12.9. The van der Waals surface area contributed by atoms with Crippen molar-refractivity contribution in [3.05, 3.63) is 29.8 Å². The van der Waals surface area contributed by atoms with E-state index in [4.69, 9.17) is 9.47 Å². The Morgan fingerprint density at radius 1 is 1.39 bits per heavy atom. The number of carbonyl (C=O) groups excluding carboxylic acids is 1. The lowest BCUT2D eigenvalue weighted by Crippen LogP contribution is -2.40. The highest BCUT2D eigenvalue weighted by Gasteiger charge is 2.36. The molecule has 9 heteroatoms. The molecule has 2 unspecified atom stereocenters. The topological polar surface area (TPSA) is 63.2 Å². The largest absolute Gasteiger partial charge is 0.488 e. The third-order valence-electron chi connectivity index (χ3n) is 4.44. The molecule has 0 spiro atoms. The van der Waals surface area contributed by atoms with Gasteiger partial charge in [0.2, 0.25) is 0 Å². The first-order valence-corrected chi connectivity index (χ1v) is 9.05. The first-order valence-electron chi connectivity index (χ1n) is 9.05. The molecule has 1 fully saturated rings. The average molecular weight is 511 g/mol. The monoisotopic (exact) mass is 511 g/mol. The molecule has 1 heterocycles. The van der Waals surface area contributed by atoms with Crippen molar-refractivity contribution in [2.75, 3.05) is 33.4 Å². The summed E-state index contributed by atoms with van der Waals surface area (Å²) in [5.41, 5.74) is 0.855. The summed E-state index contributed by atoms with van der Waals surface area (Å²) in [7, 11) is 1.40. The van der Waals surface area contributed by atoms with E-state index in [2.05, 4.69) is 10.3 Å². The number of guanidine groups is 1. The minimum absolute atomic E-state index is 0. The van der Waals surface area contributed by atoms with Crippen LogP contribution >= 0.6 is 24.0 Å². The van der Waals surface area contributed by atoms with Gasteiger partial charge in [-0.05, 0) is 30.5 Å². The first kappa shape index (κ1) is 24.4. The second-order valence-electron chi connectivity index (χ2n) is 6.53. The number of ether oxygens (including phenoxy) is 2. The molecule has 1 aliphatic heterocycles. The molecule has 1 aliphatic rings. The van der Waals surface area contributed by atoms with E-state index in [0.29, 0.717) is 31.9 Å². The zero-order valence-electron chi connectivity index (χ0n) is 16.4. The lowest BCUT2D eigenvalue weighted by molar-refractivity contribution is -0.145. The number of hydrogen-bond acceptors (Lipinski definition) is 4. The molecule has 1 N–H and O–H groups in total. The molecular weight excluding hydrogens is 483 g/mol. The van der Waals surface area contributed by atoms with Crippen LogP contribution in [-0.4, -0.2) is 56.6 Å². The second-order valence-corrected chi connectivity index (χ2v) is 6.53. The summed E-state index contributed by atoms with van der Waals surface area (Å²) in [4.78, 5) is 18.6. The SMILES string of the molecule is CCNC(=NCc1cccc(OCC(F)F)c1)N1CC(C)C(C(=O)OC)C1.I. The Hall–Kier alpha value is -1.65. The number of likely N-dealkylation sites (tertiary alicyclic amines) is 1. The number of halogens is 3. The number of carbonyl (C=O) groups is 1. The van der Waals surface area contributed by atoms with Gasteiger partial charge in [-0.3, -0.25) is 4.79 Å². The third-order valence-corrected chi connectivity index (χ3v) is 4.44. The fourth-order valence-corrected chi connectivity index (χ4v) is 3.08. The van der Waals surface area contributed by atoms with Gasteiger partial charge in [0.1, 0.15) is 12.4 Å². The summed E-state index contributed by atoms with van der Waals surface area (Å²) >= 11 is 0. The van der Waals surface area contributed by atoms with Crippen LogP contribution in [0.4, 0.5) is 8.78 Å². The molecule has 1 aromatic carbocycles. The summed E-state index contributed by atoms with van der Waals surface area (Å²) in [6.45, 7) is 5.71. The van der Waals surface area contributed by atoms with Crippen molar-refractivity contribution in [2.45, 2.75) is 26.8 Å². The summed E-state index contributed by atoms with van der Waals surface area (Å²) in [5, 5.41) is 3.24. The molecule has 0 aromatic heterocycles. The number of hydrogen-bond donors (Lipinski definition) is 1. The van der Waals surface area contributed by atoms with Crippen molar-refractivity contribution in [2.24, 2.45) is 16.8 Å². The summed E-state index contributed by atoms with van der Waals surface area (Å²) in [6.07, 6.45) is -2.51. The third kappa shape index (κ3) is 7.06. The van der Waals surface area contributed by atoms with Gasteiger partial charge >= 0.3 is 5.97 Å². The smallest absolute Gasteiger partial charge is 0.310 e. The molecular formula is C19H28F2IN3O3. The Morgan fingerprint density at radius 2 is 2.14 bits per heavy atom. The summed E-state index contributed by atoms with van der Waals surface area (Å²) in [5.74, 6) is 0.908. The maximum Gasteiger partial charge on any atom is 0.310 e. The highest BCUT2D eigenvalue weighted by Crippen LogP contribution is 2.24. The molecule has 2 atom stereocenters. The van der Waals surface area contributed by atoms with Gasteiger partial charge in [0.05, 0.1) is 19.6 Å².